The Balaban J connectivity index is 2.03. The van der Waals surface area contributed by atoms with Gasteiger partial charge in [-0.2, -0.15) is 0 Å². The minimum atomic E-state index is -0.108. The number of thiophene rings is 1. The number of hydrogen-bond donors (Lipinski definition) is 1. The highest BCUT2D eigenvalue weighted by Crippen LogP contribution is 2.26. The summed E-state index contributed by atoms with van der Waals surface area (Å²) in [5.41, 5.74) is 0.881. The summed E-state index contributed by atoms with van der Waals surface area (Å²) in [7, 11) is 0. The molecule has 24 heavy (non-hydrogen) atoms. The van der Waals surface area contributed by atoms with Crippen LogP contribution in [0.25, 0.3) is 10.2 Å². The molecule has 2 aromatic heterocycles. The molecule has 128 valence electrons. The van der Waals surface area contributed by atoms with Crippen LogP contribution < -0.4 is 5.56 Å². The molecule has 0 aliphatic rings. The van der Waals surface area contributed by atoms with Crippen LogP contribution in [-0.4, -0.2) is 39.6 Å². The number of fused-ring (bicyclic) bond motifs is 1. The summed E-state index contributed by atoms with van der Waals surface area (Å²) in [6, 6.07) is 0. The largest absolute Gasteiger partial charge is 0.335 e. The van der Waals surface area contributed by atoms with Crippen molar-refractivity contribution < 1.29 is 4.79 Å². The molecular formula is C17H21N3O2S2. The zero-order chi connectivity index (χ0) is 17.7. The van der Waals surface area contributed by atoms with E-state index in [4.69, 9.17) is 0 Å². The normalized spacial score (nSPS) is 10.8. The van der Waals surface area contributed by atoms with Crippen LogP contribution in [0.5, 0.6) is 0 Å². The highest BCUT2D eigenvalue weighted by molar-refractivity contribution is 7.99. The third-order valence-electron chi connectivity index (χ3n) is 3.60. The van der Waals surface area contributed by atoms with Crippen molar-refractivity contribution in [3.05, 3.63) is 51.9 Å². The zero-order valence-electron chi connectivity index (χ0n) is 13.9. The maximum atomic E-state index is 12.2. The van der Waals surface area contributed by atoms with E-state index in [1.54, 1.807) is 17.1 Å². The van der Waals surface area contributed by atoms with Gasteiger partial charge in [0, 0.05) is 18.0 Å². The highest BCUT2D eigenvalue weighted by atomic mass is 32.2. The first-order chi connectivity index (χ1) is 11.5. The van der Waals surface area contributed by atoms with Gasteiger partial charge >= 0.3 is 0 Å². The van der Waals surface area contributed by atoms with E-state index in [1.165, 1.54) is 23.1 Å². The predicted molar refractivity (Wildman–Crippen MR) is 103 cm³/mol. The number of amides is 1. The predicted octanol–water partition coefficient (Wildman–Crippen LogP) is 3.04. The monoisotopic (exact) mass is 363 g/mol. The smallest absolute Gasteiger partial charge is 0.259 e. The van der Waals surface area contributed by atoms with E-state index in [0.29, 0.717) is 35.8 Å². The summed E-state index contributed by atoms with van der Waals surface area (Å²) in [5.74, 6) is 1.44. The van der Waals surface area contributed by atoms with Gasteiger partial charge in [-0.25, -0.2) is 4.98 Å². The van der Waals surface area contributed by atoms with Crippen molar-refractivity contribution >= 4 is 39.2 Å². The van der Waals surface area contributed by atoms with Gasteiger partial charge in [-0.1, -0.05) is 12.2 Å². The van der Waals surface area contributed by atoms with Gasteiger partial charge in [0.1, 0.15) is 10.7 Å². The SMILES string of the molecule is C=CCN(CC=C)C(=O)CSCc1nc2sc(C)c(C)c2c(=O)[nH]1. The molecule has 0 bridgehead atoms. The van der Waals surface area contributed by atoms with E-state index in [9.17, 15) is 9.59 Å². The molecule has 0 unspecified atom stereocenters. The highest BCUT2D eigenvalue weighted by Gasteiger charge is 2.13. The molecule has 0 radical (unpaired) electrons. The summed E-state index contributed by atoms with van der Waals surface area (Å²) in [6.07, 6.45) is 3.39. The summed E-state index contributed by atoms with van der Waals surface area (Å²) < 4.78 is 0. The molecule has 0 saturated heterocycles. The number of hydrogen-bond acceptors (Lipinski definition) is 5. The van der Waals surface area contributed by atoms with Gasteiger partial charge < -0.3 is 9.88 Å². The third-order valence-corrected chi connectivity index (χ3v) is 5.63. The maximum Gasteiger partial charge on any atom is 0.259 e. The average molecular weight is 364 g/mol. The lowest BCUT2D eigenvalue weighted by molar-refractivity contribution is -0.127. The van der Waals surface area contributed by atoms with Crippen molar-refractivity contribution in [1.29, 1.82) is 0 Å². The van der Waals surface area contributed by atoms with E-state index in [2.05, 4.69) is 23.1 Å². The summed E-state index contributed by atoms with van der Waals surface area (Å²) in [5, 5.41) is 0.672. The summed E-state index contributed by atoms with van der Waals surface area (Å²) in [6.45, 7) is 12.2. The summed E-state index contributed by atoms with van der Waals surface area (Å²) in [4.78, 5) is 35.3. The first-order valence-corrected chi connectivity index (χ1v) is 9.51. The Hall–Kier alpha value is -1.86. The van der Waals surface area contributed by atoms with Crippen molar-refractivity contribution in [2.75, 3.05) is 18.8 Å². The molecule has 7 heteroatoms. The minimum absolute atomic E-state index is 0.0195. The molecule has 1 amide bonds. The Morgan fingerprint density at radius 3 is 2.62 bits per heavy atom. The van der Waals surface area contributed by atoms with Gasteiger partial charge in [-0.15, -0.1) is 36.3 Å². The number of rotatable bonds is 8. The molecule has 5 nitrogen and oxygen atoms in total. The Kier molecular flexibility index (Phi) is 6.39. The second kappa shape index (κ2) is 8.30. The molecular weight excluding hydrogens is 342 g/mol. The lowest BCUT2D eigenvalue weighted by Crippen LogP contribution is -2.32. The number of aromatic nitrogens is 2. The second-order valence-corrected chi connectivity index (χ2v) is 7.53. The molecule has 0 saturated carbocycles. The molecule has 0 aliphatic heterocycles. The van der Waals surface area contributed by atoms with Gasteiger partial charge in [0.25, 0.3) is 5.56 Å². The Morgan fingerprint density at radius 2 is 2.00 bits per heavy atom. The van der Waals surface area contributed by atoms with Crippen LogP contribution in [0, 0.1) is 13.8 Å². The first-order valence-electron chi connectivity index (χ1n) is 7.54. The molecule has 2 rings (SSSR count). The molecule has 0 aromatic carbocycles. The fourth-order valence-electron chi connectivity index (χ4n) is 2.28. The van der Waals surface area contributed by atoms with E-state index in [0.717, 1.165) is 15.3 Å². The Bertz CT molecular complexity index is 813. The van der Waals surface area contributed by atoms with Crippen LogP contribution in [-0.2, 0) is 10.5 Å². The zero-order valence-corrected chi connectivity index (χ0v) is 15.6. The Morgan fingerprint density at radius 1 is 1.33 bits per heavy atom. The van der Waals surface area contributed by atoms with E-state index in [-0.39, 0.29) is 11.5 Å². The number of H-pyrrole nitrogens is 1. The van der Waals surface area contributed by atoms with Crippen LogP contribution in [0.15, 0.2) is 30.1 Å². The molecule has 0 aliphatic carbocycles. The number of carbonyl (C=O) groups excluding carboxylic acids is 1. The van der Waals surface area contributed by atoms with Gasteiger partial charge in [-0.05, 0) is 19.4 Å². The van der Waals surface area contributed by atoms with Gasteiger partial charge in [0.2, 0.25) is 5.91 Å². The van der Waals surface area contributed by atoms with Crippen LogP contribution in [0.4, 0.5) is 0 Å². The van der Waals surface area contributed by atoms with Crippen molar-refractivity contribution in [2.24, 2.45) is 0 Å². The fourth-order valence-corrected chi connectivity index (χ4v) is 4.12. The van der Waals surface area contributed by atoms with Gasteiger partial charge in [0.05, 0.1) is 16.9 Å². The minimum Gasteiger partial charge on any atom is -0.335 e. The average Bonchev–Trinajstić information content (AvgIpc) is 2.82. The van der Waals surface area contributed by atoms with Crippen molar-refractivity contribution in [1.82, 2.24) is 14.9 Å². The Labute approximate surface area is 149 Å². The molecule has 2 aromatic rings. The van der Waals surface area contributed by atoms with E-state index < -0.39 is 0 Å². The van der Waals surface area contributed by atoms with Crippen molar-refractivity contribution in [2.45, 2.75) is 19.6 Å². The summed E-state index contributed by atoms with van der Waals surface area (Å²) >= 11 is 2.96. The third kappa shape index (κ3) is 4.15. The van der Waals surface area contributed by atoms with Crippen LogP contribution in [0.1, 0.15) is 16.3 Å². The number of aryl methyl sites for hydroxylation is 2. The molecule has 0 atom stereocenters. The van der Waals surface area contributed by atoms with Crippen LogP contribution in [0.2, 0.25) is 0 Å². The topological polar surface area (TPSA) is 66.1 Å². The molecule has 1 N–H and O–H groups in total. The molecule has 0 spiro atoms. The maximum absolute atomic E-state index is 12.2. The fraction of sp³-hybridized carbons (Fsp3) is 0.353. The number of carbonyl (C=O) groups is 1. The number of thioether (sulfide) groups is 1. The van der Waals surface area contributed by atoms with E-state index in [1.807, 2.05) is 13.8 Å². The number of aromatic amines is 1. The standard InChI is InChI=1S/C17H21N3O2S2/c1-5-7-20(8-6-2)14(21)10-23-9-13-18-16(22)15-11(3)12(4)24-17(15)19-13/h5-6H,1-2,7-10H2,3-4H3,(H,18,19,22). The van der Waals surface area contributed by atoms with Crippen molar-refractivity contribution in [3.8, 4) is 0 Å². The lowest BCUT2D eigenvalue weighted by Gasteiger charge is -2.18. The molecule has 0 fully saturated rings. The lowest BCUT2D eigenvalue weighted by atomic mass is 10.2. The quantitative estimate of drug-likeness (QED) is 0.732. The van der Waals surface area contributed by atoms with Crippen LogP contribution in [0.3, 0.4) is 0 Å². The van der Waals surface area contributed by atoms with Crippen LogP contribution >= 0.6 is 23.1 Å². The second-order valence-electron chi connectivity index (χ2n) is 5.34. The van der Waals surface area contributed by atoms with Gasteiger partial charge in [0.15, 0.2) is 0 Å². The van der Waals surface area contributed by atoms with Crippen molar-refractivity contribution in [3.63, 3.8) is 0 Å². The number of nitrogens with one attached hydrogen (secondary N) is 1. The first kappa shape index (κ1) is 18.5. The number of nitrogens with zero attached hydrogens (tertiary/aromatic N) is 2. The van der Waals surface area contributed by atoms with Gasteiger partial charge in [-0.3, -0.25) is 9.59 Å². The molecule has 2 heterocycles. The van der Waals surface area contributed by atoms with E-state index >= 15 is 0 Å².